The number of aliphatic hydroxyl groups excluding tert-OH is 1. The molecule has 3 aromatic carbocycles. The van der Waals surface area contributed by atoms with Gasteiger partial charge in [0, 0.05) is 57.0 Å². The zero-order valence-electron chi connectivity index (χ0n) is 25.7. The van der Waals surface area contributed by atoms with Crippen LogP contribution in [-0.4, -0.2) is 71.8 Å². The molecule has 0 saturated carbocycles. The van der Waals surface area contributed by atoms with E-state index in [9.17, 15) is 9.90 Å². The summed E-state index contributed by atoms with van der Waals surface area (Å²) in [6.45, 7) is 9.77. The maximum atomic E-state index is 13.9. The smallest absolute Gasteiger partial charge is 0.237 e. The van der Waals surface area contributed by atoms with Crippen molar-refractivity contribution < 1.29 is 14.6 Å². The SMILES string of the molecule is COCCCN(CC(=O)N(CCc1c[nH]c2ccccc12)Cc1ccc(C(C)(C)C)cc1)C[C@@H](O)Cc1ccccc1. The fourth-order valence-electron chi connectivity index (χ4n) is 5.42. The van der Waals surface area contributed by atoms with Gasteiger partial charge in [-0.05, 0) is 53.0 Å². The average Bonchev–Trinajstić information content (AvgIpc) is 3.38. The van der Waals surface area contributed by atoms with Crippen LogP contribution in [0, 0.1) is 0 Å². The minimum atomic E-state index is -0.563. The molecule has 0 spiro atoms. The molecule has 0 bridgehead atoms. The van der Waals surface area contributed by atoms with Crippen molar-refractivity contribution >= 4 is 16.8 Å². The summed E-state index contributed by atoms with van der Waals surface area (Å²) in [6, 6.07) is 26.9. The Morgan fingerprint density at radius 3 is 2.36 bits per heavy atom. The number of methoxy groups -OCH3 is 1. The minimum Gasteiger partial charge on any atom is -0.391 e. The molecule has 2 N–H and O–H groups in total. The summed E-state index contributed by atoms with van der Waals surface area (Å²) in [4.78, 5) is 21.4. The first kappa shape index (κ1) is 31.5. The van der Waals surface area contributed by atoms with Gasteiger partial charge in [-0.15, -0.1) is 0 Å². The Bertz CT molecular complexity index is 1380. The van der Waals surface area contributed by atoms with Crippen LogP contribution in [0.1, 0.15) is 49.4 Å². The molecule has 1 aromatic heterocycles. The van der Waals surface area contributed by atoms with Crippen molar-refractivity contribution in [1.29, 1.82) is 0 Å². The number of aromatic amines is 1. The number of rotatable bonds is 15. The molecule has 6 nitrogen and oxygen atoms in total. The van der Waals surface area contributed by atoms with Gasteiger partial charge in [-0.25, -0.2) is 0 Å². The number of amides is 1. The predicted molar refractivity (Wildman–Crippen MR) is 172 cm³/mol. The molecular weight excluding hydrogens is 522 g/mol. The molecule has 1 amide bonds. The van der Waals surface area contributed by atoms with E-state index in [-0.39, 0.29) is 17.9 Å². The molecule has 4 aromatic rings. The van der Waals surface area contributed by atoms with Gasteiger partial charge in [0.2, 0.25) is 5.91 Å². The van der Waals surface area contributed by atoms with Crippen molar-refractivity contribution in [2.24, 2.45) is 0 Å². The van der Waals surface area contributed by atoms with Gasteiger partial charge in [-0.3, -0.25) is 9.69 Å². The number of hydrogen-bond donors (Lipinski definition) is 2. The quantitative estimate of drug-likeness (QED) is 0.173. The van der Waals surface area contributed by atoms with Crippen LogP contribution in [0.25, 0.3) is 10.9 Å². The van der Waals surface area contributed by atoms with Gasteiger partial charge in [0.25, 0.3) is 0 Å². The lowest BCUT2D eigenvalue weighted by atomic mass is 9.87. The summed E-state index contributed by atoms with van der Waals surface area (Å²) >= 11 is 0. The predicted octanol–water partition coefficient (Wildman–Crippen LogP) is 5.98. The van der Waals surface area contributed by atoms with Crippen LogP contribution >= 0.6 is 0 Å². The maximum absolute atomic E-state index is 13.9. The van der Waals surface area contributed by atoms with Gasteiger partial charge in [0.05, 0.1) is 12.6 Å². The average molecular weight is 570 g/mol. The van der Waals surface area contributed by atoms with E-state index in [0.717, 1.165) is 29.5 Å². The summed E-state index contributed by atoms with van der Waals surface area (Å²) in [5.41, 5.74) is 5.88. The van der Waals surface area contributed by atoms with E-state index in [2.05, 4.69) is 79.3 Å². The highest BCUT2D eigenvalue weighted by Gasteiger charge is 2.21. The van der Waals surface area contributed by atoms with E-state index in [1.807, 2.05) is 41.3 Å². The van der Waals surface area contributed by atoms with Crippen LogP contribution in [0.15, 0.2) is 85.1 Å². The third-order valence-electron chi connectivity index (χ3n) is 7.84. The second-order valence-electron chi connectivity index (χ2n) is 12.3. The number of aromatic nitrogens is 1. The Morgan fingerprint density at radius 2 is 1.64 bits per heavy atom. The molecule has 0 fully saturated rings. The van der Waals surface area contributed by atoms with Crippen molar-refractivity contribution in [2.75, 3.05) is 39.9 Å². The van der Waals surface area contributed by atoms with E-state index in [4.69, 9.17) is 4.74 Å². The Labute approximate surface area is 251 Å². The molecule has 0 saturated heterocycles. The highest BCUT2D eigenvalue weighted by atomic mass is 16.5. The first-order chi connectivity index (χ1) is 20.2. The molecule has 0 aliphatic carbocycles. The fraction of sp³-hybridized carbons (Fsp3) is 0.417. The summed E-state index contributed by atoms with van der Waals surface area (Å²) in [5, 5.41) is 12.1. The molecule has 224 valence electrons. The molecule has 1 atom stereocenters. The summed E-state index contributed by atoms with van der Waals surface area (Å²) in [5.74, 6) is 0.0686. The number of aliphatic hydroxyl groups is 1. The Kier molecular flexibility index (Phi) is 11.4. The third-order valence-corrected chi connectivity index (χ3v) is 7.84. The van der Waals surface area contributed by atoms with Gasteiger partial charge in [0.15, 0.2) is 0 Å². The van der Waals surface area contributed by atoms with Crippen LogP contribution in [0.2, 0.25) is 0 Å². The molecular formula is C36H47N3O3. The van der Waals surface area contributed by atoms with E-state index < -0.39 is 6.10 Å². The van der Waals surface area contributed by atoms with E-state index >= 15 is 0 Å². The fourth-order valence-corrected chi connectivity index (χ4v) is 5.42. The molecule has 0 aliphatic heterocycles. The van der Waals surface area contributed by atoms with Gasteiger partial charge in [0.1, 0.15) is 0 Å². The van der Waals surface area contributed by atoms with Crippen LogP contribution in [0.3, 0.4) is 0 Å². The normalized spacial score (nSPS) is 12.6. The van der Waals surface area contributed by atoms with Crippen LogP contribution in [0.5, 0.6) is 0 Å². The third kappa shape index (κ3) is 9.28. The second kappa shape index (κ2) is 15.1. The molecule has 0 aliphatic rings. The molecule has 0 radical (unpaired) electrons. The van der Waals surface area contributed by atoms with Crippen LogP contribution < -0.4 is 0 Å². The number of carbonyl (C=O) groups excluding carboxylic acids is 1. The largest absolute Gasteiger partial charge is 0.391 e. The van der Waals surface area contributed by atoms with Gasteiger partial charge < -0.3 is 19.7 Å². The number of hydrogen-bond acceptors (Lipinski definition) is 4. The monoisotopic (exact) mass is 569 g/mol. The molecule has 0 unspecified atom stereocenters. The highest BCUT2D eigenvalue weighted by molar-refractivity contribution is 5.83. The second-order valence-corrected chi connectivity index (χ2v) is 12.3. The topological polar surface area (TPSA) is 68.8 Å². The van der Waals surface area contributed by atoms with Gasteiger partial charge in [-0.1, -0.05) is 93.6 Å². The lowest BCUT2D eigenvalue weighted by molar-refractivity contribution is -0.133. The van der Waals surface area contributed by atoms with E-state index in [1.165, 1.54) is 16.5 Å². The van der Waals surface area contributed by atoms with Crippen molar-refractivity contribution in [2.45, 2.75) is 58.1 Å². The van der Waals surface area contributed by atoms with Crippen molar-refractivity contribution in [1.82, 2.24) is 14.8 Å². The highest BCUT2D eigenvalue weighted by Crippen LogP contribution is 2.23. The van der Waals surface area contributed by atoms with Crippen molar-refractivity contribution in [3.63, 3.8) is 0 Å². The summed E-state index contributed by atoms with van der Waals surface area (Å²) in [6.07, 6.45) is 3.61. The van der Waals surface area contributed by atoms with E-state index in [0.29, 0.717) is 39.2 Å². The first-order valence-corrected chi connectivity index (χ1v) is 15.1. The number of para-hydroxylation sites is 1. The Hall–Kier alpha value is -3.45. The number of fused-ring (bicyclic) bond motifs is 1. The van der Waals surface area contributed by atoms with Crippen molar-refractivity contribution in [3.05, 3.63) is 107 Å². The number of carbonyl (C=O) groups is 1. The molecule has 6 heteroatoms. The molecule has 42 heavy (non-hydrogen) atoms. The minimum absolute atomic E-state index is 0.0686. The molecule has 4 rings (SSSR count). The van der Waals surface area contributed by atoms with Gasteiger partial charge >= 0.3 is 0 Å². The number of ether oxygens (including phenoxy) is 1. The maximum Gasteiger partial charge on any atom is 0.237 e. The first-order valence-electron chi connectivity index (χ1n) is 15.1. The van der Waals surface area contributed by atoms with Gasteiger partial charge in [-0.2, -0.15) is 0 Å². The Morgan fingerprint density at radius 1 is 0.929 bits per heavy atom. The van der Waals surface area contributed by atoms with Crippen LogP contribution in [0.4, 0.5) is 0 Å². The molecule has 1 heterocycles. The zero-order chi connectivity index (χ0) is 30.0. The standard InChI is InChI=1S/C36H47N3O3/c1-36(2,3)31-17-15-29(16-18-31)25-39(21-19-30-24-37-34-14-9-8-13-33(30)34)35(41)27-38(20-10-22-42-4)26-32(40)23-28-11-6-5-7-12-28/h5-9,11-18,24,32,37,40H,10,19-23,25-27H2,1-4H3/t32-/m0/s1. The van der Waals surface area contributed by atoms with E-state index in [1.54, 1.807) is 7.11 Å². The van der Waals surface area contributed by atoms with Crippen molar-refractivity contribution in [3.8, 4) is 0 Å². The van der Waals surface area contributed by atoms with Crippen LogP contribution in [-0.2, 0) is 34.3 Å². The number of nitrogens with zero attached hydrogens (tertiary/aromatic N) is 2. The number of H-pyrrole nitrogens is 1. The zero-order valence-corrected chi connectivity index (χ0v) is 25.7. The lowest BCUT2D eigenvalue weighted by Gasteiger charge is -2.29. The number of nitrogens with one attached hydrogen (secondary N) is 1. The number of benzene rings is 3. The Balaban J connectivity index is 1.49. The lowest BCUT2D eigenvalue weighted by Crippen LogP contribution is -2.44. The summed E-state index contributed by atoms with van der Waals surface area (Å²) in [7, 11) is 1.69. The summed E-state index contributed by atoms with van der Waals surface area (Å²) < 4.78 is 5.29.